The van der Waals surface area contributed by atoms with E-state index in [9.17, 15) is 4.79 Å². The van der Waals surface area contributed by atoms with Crippen molar-refractivity contribution in [2.75, 3.05) is 11.9 Å². The fourth-order valence-electron chi connectivity index (χ4n) is 4.19. The predicted octanol–water partition coefficient (Wildman–Crippen LogP) is 3.29. The zero-order valence-corrected chi connectivity index (χ0v) is 14.2. The summed E-state index contributed by atoms with van der Waals surface area (Å²) in [6.07, 6.45) is 8.20. The molecule has 0 bridgehead atoms. The summed E-state index contributed by atoms with van der Waals surface area (Å²) in [4.78, 5) is 12.5. The Morgan fingerprint density at radius 2 is 2.09 bits per heavy atom. The SMILES string of the molecule is Cl.O=C(Nc1ccc2c(c1)CCCO2)C1CC2CCCCC2N1. The van der Waals surface area contributed by atoms with Crippen LogP contribution < -0.4 is 15.4 Å². The maximum atomic E-state index is 12.5. The molecule has 1 aromatic rings. The number of benzene rings is 1. The highest BCUT2D eigenvalue weighted by Gasteiger charge is 2.38. The number of aryl methyl sites for hydroxylation is 1. The maximum Gasteiger partial charge on any atom is 0.241 e. The van der Waals surface area contributed by atoms with Gasteiger partial charge in [0.05, 0.1) is 12.6 Å². The second-order valence-electron chi connectivity index (χ2n) is 6.87. The Morgan fingerprint density at radius 3 is 2.96 bits per heavy atom. The Hall–Kier alpha value is -1.26. The van der Waals surface area contributed by atoms with Crippen LogP contribution >= 0.6 is 12.4 Å². The summed E-state index contributed by atoms with van der Waals surface area (Å²) in [6.45, 7) is 0.799. The van der Waals surface area contributed by atoms with Gasteiger partial charge in [0.15, 0.2) is 0 Å². The number of fused-ring (bicyclic) bond motifs is 2. The molecule has 2 N–H and O–H groups in total. The van der Waals surface area contributed by atoms with E-state index in [0.29, 0.717) is 12.0 Å². The third-order valence-corrected chi connectivity index (χ3v) is 5.36. The molecule has 1 aliphatic carbocycles. The van der Waals surface area contributed by atoms with Gasteiger partial charge in [-0.05, 0) is 61.8 Å². The van der Waals surface area contributed by atoms with Crippen molar-refractivity contribution in [3.63, 3.8) is 0 Å². The van der Waals surface area contributed by atoms with E-state index in [0.717, 1.165) is 37.3 Å². The second-order valence-corrected chi connectivity index (χ2v) is 6.87. The fourth-order valence-corrected chi connectivity index (χ4v) is 4.19. The highest BCUT2D eigenvalue weighted by molar-refractivity contribution is 5.95. The van der Waals surface area contributed by atoms with Crippen LogP contribution in [0, 0.1) is 5.92 Å². The van der Waals surface area contributed by atoms with Crippen molar-refractivity contribution in [3.05, 3.63) is 23.8 Å². The number of hydrogen-bond acceptors (Lipinski definition) is 3. The average Bonchev–Trinajstić information content (AvgIpc) is 2.99. The minimum Gasteiger partial charge on any atom is -0.493 e. The first-order chi connectivity index (χ1) is 10.8. The van der Waals surface area contributed by atoms with Gasteiger partial charge in [0.1, 0.15) is 5.75 Å². The van der Waals surface area contributed by atoms with Gasteiger partial charge in [-0.3, -0.25) is 4.79 Å². The molecule has 2 aliphatic heterocycles. The van der Waals surface area contributed by atoms with Gasteiger partial charge in [-0.15, -0.1) is 12.4 Å². The van der Waals surface area contributed by atoms with Crippen LogP contribution in [0.1, 0.15) is 44.1 Å². The van der Waals surface area contributed by atoms with E-state index in [1.807, 2.05) is 12.1 Å². The van der Waals surface area contributed by atoms with E-state index >= 15 is 0 Å². The van der Waals surface area contributed by atoms with Gasteiger partial charge < -0.3 is 15.4 Å². The highest BCUT2D eigenvalue weighted by Crippen LogP contribution is 2.34. The molecule has 3 atom stereocenters. The van der Waals surface area contributed by atoms with Gasteiger partial charge >= 0.3 is 0 Å². The predicted molar refractivity (Wildman–Crippen MR) is 93.4 cm³/mol. The van der Waals surface area contributed by atoms with Crippen molar-refractivity contribution < 1.29 is 9.53 Å². The zero-order valence-electron chi connectivity index (χ0n) is 13.3. The first-order valence-electron chi connectivity index (χ1n) is 8.62. The van der Waals surface area contributed by atoms with Gasteiger partial charge in [0.25, 0.3) is 0 Å². The first kappa shape index (κ1) is 16.6. The molecule has 1 saturated carbocycles. The standard InChI is InChI=1S/C18H24N2O2.ClH/c21-18(16-11-12-4-1-2-6-15(12)20-16)19-14-7-8-17-13(10-14)5-3-9-22-17;/h7-8,10,12,15-16,20H,1-6,9,11H2,(H,19,21);1H. The molecule has 0 radical (unpaired) electrons. The number of amides is 1. The van der Waals surface area contributed by atoms with Crippen LogP contribution in [-0.4, -0.2) is 24.6 Å². The Morgan fingerprint density at radius 1 is 1.22 bits per heavy atom. The van der Waals surface area contributed by atoms with E-state index in [2.05, 4.69) is 16.7 Å². The number of ether oxygens (including phenoxy) is 1. The van der Waals surface area contributed by atoms with Gasteiger partial charge in [-0.1, -0.05) is 12.8 Å². The molecule has 1 amide bonds. The summed E-state index contributed by atoms with van der Waals surface area (Å²) in [7, 11) is 0. The Bertz CT molecular complexity index is 564. The summed E-state index contributed by atoms with van der Waals surface area (Å²) in [5, 5.41) is 6.63. The molecule has 2 fully saturated rings. The third-order valence-electron chi connectivity index (χ3n) is 5.36. The lowest BCUT2D eigenvalue weighted by molar-refractivity contribution is -0.117. The van der Waals surface area contributed by atoms with E-state index < -0.39 is 0 Å². The number of carbonyl (C=O) groups excluding carboxylic acids is 1. The van der Waals surface area contributed by atoms with Crippen LogP contribution in [0.15, 0.2) is 18.2 Å². The van der Waals surface area contributed by atoms with Crippen molar-refractivity contribution in [2.45, 2.75) is 57.0 Å². The summed E-state index contributed by atoms with van der Waals surface area (Å²) in [6, 6.07) is 6.52. The molecule has 0 aromatic heterocycles. The highest BCUT2D eigenvalue weighted by atomic mass is 35.5. The van der Waals surface area contributed by atoms with E-state index in [-0.39, 0.29) is 24.4 Å². The molecule has 3 unspecified atom stereocenters. The van der Waals surface area contributed by atoms with Crippen molar-refractivity contribution in [3.8, 4) is 5.75 Å². The number of halogens is 1. The minimum absolute atomic E-state index is 0. The largest absolute Gasteiger partial charge is 0.493 e. The normalized spacial score (nSPS) is 28.8. The third kappa shape index (κ3) is 3.48. The summed E-state index contributed by atoms with van der Waals surface area (Å²) in [5.74, 6) is 1.78. The Labute approximate surface area is 143 Å². The zero-order chi connectivity index (χ0) is 14.9. The molecule has 4 rings (SSSR count). The molecular formula is C18H25ClN2O2. The van der Waals surface area contributed by atoms with E-state index in [1.54, 1.807) is 0 Å². The van der Waals surface area contributed by atoms with Crippen molar-refractivity contribution in [1.29, 1.82) is 0 Å². The lowest BCUT2D eigenvalue weighted by Gasteiger charge is -2.24. The number of anilines is 1. The van der Waals surface area contributed by atoms with Gasteiger partial charge in [-0.25, -0.2) is 0 Å². The van der Waals surface area contributed by atoms with Crippen molar-refractivity contribution in [2.24, 2.45) is 5.92 Å². The molecule has 23 heavy (non-hydrogen) atoms. The molecule has 3 aliphatic rings. The monoisotopic (exact) mass is 336 g/mol. The number of nitrogens with one attached hydrogen (secondary N) is 2. The van der Waals surface area contributed by atoms with Crippen LogP contribution in [0.4, 0.5) is 5.69 Å². The summed E-state index contributed by atoms with van der Waals surface area (Å²) in [5.41, 5.74) is 2.10. The number of rotatable bonds is 2. The first-order valence-corrected chi connectivity index (χ1v) is 8.62. The summed E-state index contributed by atoms with van der Waals surface area (Å²) < 4.78 is 5.62. The van der Waals surface area contributed by atoms with Gasteiger partial charge in [0, 0.05) is 11.7 Å². The van der Waals surface area contributed by atoms with Crippen molar-refractivity contribution in [1.82, 2.24) is 5.32 Å². The van der Waals surface area contributed by atoms with Gasteiger partial charge in [-0.2, -0.15) is 0 Å². The number of carbonyl (C=O) groups is 1. The molecule has 5 heteroatoms. The lowest BCUT2D eigenvalue weighted by atomic mass is 9.85. The molecule has 1 saturated heterocycles. The maximum absolute atomic E-state index is 12.5. The fraction of sp³-hybridized carbons (Fsp3) is 0.611. The lowest BCUT2D eigenvalue weighted by Crippen LogP contribution is -2.39. The molecular weight excluding hydrogens is 312 g/mol. The molecule has 0 spiro atoms. The van der Waals surface area contributed by atoms with Crippen LogP contribution in [-0.2, 0) is 11.2 Å². The molecule has 2 heterocycles. The number of hydrogen-bond donors (Lipinski definition) is 2. The summed E-state index contributed by atoms with van der Waals surface area (Å²) >= 11 is 0. The second kappa shape index (κ2) is 7.10. The molecule has 1 aromatic carbocycles. The van der Waals surface area contributed by atoms with Crippen LogP contribution in [0.2, 0.25) is 0 Å². The quantitative estimate of drug-likeness (QED) is 0.871. The van der Waals surface area contributed by atoms with Crippen molar-refractivity contribution >= 4 is 24.0 Å². The Kier molecular flexibility index (Phi) is 5.12. The smallest absolute Gasteiger partial charge is 0.241 e. The van der Waals surface area contributed by atoms with Crippen LogP contribution in [0.25, 0.3) is 0 Å². The topological polar surface area (TPSA) is 50.4 Å². The minimum atomic E-state index is -0.0274. The van der Waals surface area contributed by atoms with Crippen LogP contribution in [0.5, 0.6) is 5.75 Å². The molecule has 126 valence electrons. The van der Waals surface area contributed by atoms with Gasteiger partial charge in [0.2, 0.25) is 5.91 Å². The van der Waals surface area contributed by atoms with E-state index in [1.165, 1.54) is 31.2 Å². The van der Waals surface area contributed by atoms with Crippen LogP contribution in [0.3, 0.4) is 0 Å². The molecule has 4 nitrogen and oxygen atoms in total. The average molecular weight is 337 g/mol. The Balaban J connectivity index is 0.00000156. The van der Waals surface area contributed by atoms with E-state index in [4.69, 9.17) is 4.74 Å².